The van der Waals surface area contributed by atoms with E-state index in [1.54, 1.807) is 12.1 Å². The predicted octanol–water partition coefficient (Wildman–Crippen LogP) is 3.16. The molecule has 6 nitrogen and oxygen atoms in total. The molecular formula is C14H11BrN2O4. The molecule has 7 heteroatoms. The first-order valence-corrected chi connectivity index (χ1v) is 6.85. The van der Waals surface area contributed by atoms with Crippen LogP contribution in [0.5, 0.6) is 0 Å². The summed E-state index contributed by atoms with van der Waals surface area (Å²) >= 11 is 3.36. The van der Waals surface area contributed by atoms with Gasteiger partial charge in [0.1, 0.15) is 5.92 Å². The lowest BCUT2D eigenvalue weighted by Crippen LogP contribution is -2.16. The number of carboxylic acid groups (broad SMARTS) is 1. The van der Waals surface area contributed by atoms with E-state index >= 15 is 0 Å². The smallest absolute Gasteiger partial charge is 0.312 e. The summed E-state index contributed by atoms with van der Waals surface area (Å²) in [4.78, 5) is 25.7. The van der Waals surface area contributed by atoms with Crippen LogP contribution in [0.2, 0.25) is 0 Å². The van der Waals surface area contributed by atoms with Crippen molar-refractivity contribution >= 4 is 27.6 Å². The number of halogens is 1. The molecule has 0 saturated carbocycles. The maximum Gasteiger partial charge on any atom is 0.312 e. The zero-order chi connectivity index (χ0) is 15.4. The van der Waals surface area contributed by atoms with Crippen molar-refractivity contribution in [2.75, 3.05) is 0 Å². The summed E-state index contributed by atoms with van der Waals surface area (Å²) in [6, 6.07) is 9.69. The zero-order valence-corrected chi connectivity index (χ0v) is 12.4. The number of rotatable bonds is 5. The van der Waals surface area contributed by atoms with Gasteiger partial charge in [-0.1, -0.05) is 34.1 Å². The third kappa shape index (κ3) is 3.63. The topological polar surface area (TPSA) is 93.3 Å². The van der Waals surface area contributed by atoms with E-state index in [0.717, 1.165) is 10.0 Å². The van der Waals surface area contributed by atoms with E-state index in [2.05, 4.69) is 20.9 Å². The fraction of sp³-hybridized carbons (Fsp3) is 0.143. The highest BCUT2D eigenvalue weighted by Gasteiger charge is 2.24. The van der Waals surface area contributed by atoms with Gasteiger partial charge in [-0.25, -0.2) is 0 Å². The molecule has 1 N–H and O–H groups in total. The van der Waals surface area contributed by atoms with E-state index in [9.17, 15) is 20.0 Å². The Morgan fingerprint density at radius 1 is 1.38 bits per heavy atom. The Bertz CT molecular complexity index is 690. The minimum Gasteiger partial charge on any atom is -0.481 e. The number of nitro groups is 1. The number of carboxylic acids is 1. The highest BCUT2D eigenvalue weighted by molar-refractivity contribution is 9.10. The lowest BCUT2D eigenvalue weighted by atomic mass is 9.95. The van der Waals surface area contributed by atoms with Gasteiger partial charge in [-0.05, 0) is 18.1 Å². The fourth-order valence-electron chi connectivity index (χ4n) is 1.94. The predicted molar refractivity (Wildman–Crippen MR) is 79.1 cm³/mol. The molecule has 1 aromatic heterocycles. The largest absolute Gasteiger partial charge is 0.481 e. The zero-order valence-electron chi connectivity index (χ0n) is 10.8. The Morgan fingerprint density at radius 3 is 2.71 bits per heavy atom. The minimum absolute atomic E-state index is 0.168. The molecule has 0 amide bonds. The van der Waals surface area contributed by atoms with Crippen LogP contribution in [-0.2, 0) is 11.2 Å². The average molecular weight is 351 g/mol. The maximum absolute atomic E-state index is 11.5. The number of benzene rings is 1. The van der Waals surface area contributed by atoms with Crippen LogP contribution in [-0.4, -0.2) is 21.0 Å². The molecule has 1 heterocycles. The van der Waals surface area contributed by atoms with Gasteiger partial charge < -0.3 is 5.11 Å². The van der Waals surface area contributed by atoms with Gasteiger partial charge in [0, 0.05) is 22.8 Å². The van der Waals surface area contributed by atoms with E-state index in [4.69, 9.17) is 0 Å². The van der Waals surface area contributed by atoms with Crippen molar-refractivity contribution in [3.63, 3.8) is 0 Å². The summed E-state index contributed by atoms with van der Waals surface area (Å²) in [5, 5.41) is 20.2. The molecule has 2 aromatic rings. The second-order valence-electron chi connectivity index (χ2n) is 4.38. The molecule has 1 aromatic carbocycles. The van der Waals surface area contributed by atoms with Crippen LogP contribution in [0.1, 0.15) is 17.2 Å². The summed E-state index contributed by atoms with van der Waals surface area (Å²) in [7, 11) is 0. The number of pyridine rings is 1. The van der Waals surface area contributed by atoms with Gasteiger partial charge in [0.15, 0.2) is 0 Å². The van der Waals surface area contributed by atoms with Gasteiger partial charge >= 0.3 is 5.97 Å². The molecule has 1 atom stereocenters. The lowest BCUT2D eigenvalue weighted by Gasteiger charge is -2.12. The minimum atomic E-state index is -1.07. The van der Waals surface area contributed by atoms with Crippen LogP contribution in [0, 0.1) is 10.1 Å². The molecule has 21 heavy (non-hydrogen) atoms. The first-order chi connectivity index (χ1) is 9.99. The second-order valence-corrected chi connectivity index (χ2v) is 5.24. The van der Waals surface area contributed by atoms with Gasteiger partial charge in [-0.3, -0.25) is 19.9 Å². The number of carbonyl (C=O) groups is 1. The highest BCUT2D eigenvalue weighted by Crippen LogP contribution is 2.26. The molecular weight excluding hydrogens is 340 g/mol. The maximum atomic E-state index is 11.5. The van der Waals surface area contributed by atoms with E-state index in [-0.39, 0.29) is 17.8 Å². The molecule has 2 rings (SSSR count). The quantitative estimate of drug-likeness (QED) is 0.660. The normalized spacial score (nSPS) is 11.9. The van der Waals surface area contributed by atoms with E-state index in [1.807, 2.05) is 12.1 Å². The second kappa shape index (κ2) is 6.45. The van der Waals surface area contributed by atoms with Crippen LogP contribution < -0.4 is 0 Å². The van der Waals surface area contributed by atoms with Crippen molar-refractivity contribution in [2.45, 2.75) is 12.3 Å². The number of aliphatic carboxylic acids is 1. The van der Waals surface area contributed by atoms with Crippen LogP contribution in [0.4, 0.5) is 5.69 Å². The summed E-state index contributed by atoms with van der Waals surface area (Å²) in [5.74, 6) is -2.01. The van der Waals surface area contributed by atoms with Crippen LogP contribution >= 0.6 is 15.9 Å². The van der Waals surface area contributed by atoms with Gasteiger partial charge in [0.25, 0.3) is 5.69 Å². The average Bonchev–Trinajstić information content (AvgIpc) is 2.46. The summed E-state index contributed by atoms with van der Waals surface area (Å²) in [5.41, 5.74) is 0.809. The molecule has 0 radical (unpaired) electrons. The first kappa shape index (κ1) is 15.1. The third-order valence-electron chi connectivity index (χ3n) is 3.01. The Balaban J connectivity index is 2.36. The van der Waals surface area contributed by atoms with E-state index in [0.29, 0.717) is 0 Å². The number of nitrogens with zero attached hydrogens (tertiary/aromatic N) is 2. The molecule has 108 valence electrons. The number of hydrogen-bond donors (Lipinski definition) is 1. The van der Waals surface area contributed by atoms with Crippen molar-refractivity contribution in [1.82, 2.24) is 4.98 Å². The molecule has 1 unspecified atom stereocenters. The third-order valence-corrected chi connectivity index (χ3v) is 3.79. The Morgan fingerprint density at radius 2 is 2.10 bits per heavy atom. The van der Waals surface area contributed by atoms with Crippen molar-refractivity contribution in [3.05, 3.63) is 68.4 Å². The molecule has 0 spiro atoms. The molecule has 0 bridgehead atoms. The molecule has 0 fully saturated rings. The summed E-state index contributed by atoms with van der Waals surface area (Å²) in [6.07, 6.45) is 1.45. The van der Waals surface area contributed by atoms with Crippen LogP contribution in [0.15, 0.2) is 47.1 Å². The van der Waals surface area contributed by atoms with Gasteiger partial charge in [0.05, 0.1) is 10.6 Å². The SMILES string of the molecule is O=C(O)C(Cc1ccccc1Br)c1cc([N+](=O)[O-])ccn1. The molecule has 0 saturated heterocycles. The summed E-state index contributed by atoms with van der Waals surface area (Å²) in [6.45, 7) is 0. The molecule has 0 aliphatic carbocycles. The number of aromatic nitrogens is 1. The fourth-order valence-corrected chi connectivity index (χ4v) is 2.39. The monoisotopic (exact) mass is 350 g/mol. The van der Waals surface area contributed by atoms with E-state index in [1.165, 1.54) is 18.3 Å². The van der Waals surface area contributed by atoms with Crippen molar-refractivity contribution in [1.29, 1.82) is 0 Å². The van der Waals surface area contributed by atoms with Crippen molar-refractivity contribution < 1.29 is 14.8 Å². The Labute approximate surface area is 128 Å². The standard InChI is InChI=1S/C14H11BrN2O4/c15-12-4-2-1-3-9(12)7-11(14(18)19)13-8-10(17(20)21)5-6-16-13/h1-6,8,11H,7H2,(H,18,19). The van der Waals surface area contributed by atoms with Gasteiger partial charge in [-0.2, -0.15) is 0 Å². The van der Waals surface area contributed by atoms with Crippen LogP contribution in [0.3, 0.4) is 0 Å². The van der Waals surface area contributed by atoms with Crippen LogP contribution in [0.25, 0.3) is 0 Å². The van der Waals surface area contributed by atoms with Crippen molar-refractivity contribution in [3.8, 4) is 0 Å². The first-order valence-electron chi connectivity index (χ1n) is 6.05. The summed E-state index contributed by atoms with van der Waals surface area (Å²) < 4.78 is 0.793. The molecule has 0 aliphatic heterocycles. The van der Waals surface area contributed by atoms with Gasteiger partial charge in [0.2, 0.25) is 0 Å². The lowest BCUT2D eigenvalue weighted by molar-refractivity contribution is -0.385. The van der Waals surface area contributed by atoms with Crippen molar-refractivity contribution in [2.24, 2.45) is 0 Å². The molecule has 0 aliphatic rings. The van der Waals surface area contributed by atoms with Gasteiger partial charge in [-0.15, -0.1) is 0 Å². The Hall–Kier alpha value is -2.28. The van der Waals surface area contributed by atoms with E-state index < -0.39 is 16.8 Å². The highest BCUT2D eigenvalue weighted by atomic mass is 79.9. The number of hydrogen-bond acceptors (Lipinski definition) is 4. The Kier molecular flexibility index (Phi) is 4.64.